The second-order valence-electron chi connectivity index (χ2n) is 10.3. The van der Waals surface area contributed by atoms with Crippen molar-refractivity contribution in [2.24, 2.45) is 0 Å². The second-order valence-corrected chi connectivity index (χ2v) is 10.3. The Morgan fingerprint density at radius 2 is 1.95 bits per heavy atom. The van der Waals surface area contributed by atoms with Crippen molar-refractivity contribution in [3.63, 3.8) is 0 Å². The van der Waals surface area contributed by atoms with Gasteiger partial charge in [-0.3, -0.25) is 0 Å². The molecular formula is C31H41N5O3. The molecule has 2 unspecified atom stereocenters. The first-order valence-electron chi connectivity index (χ1n) is 14.0. The summed E-state index contributed by atoms with van der Waals surface area (Å²) >= 11 is 0. The van der Waals surface area contributed by atoms with E-state index in [1.54, 1.807) is 13.3 Å². The number of ether oxygens (including phenoxy) is 1. The Kier molecular flexibility index (Phi) is 10.7. The molecule has 1 aliphatic heterocycles. The summed E-state index contributed by atoms with van der Waals surface area (Å²) in [5.41, 5.74) is 4.51. The lowest BCUT2D eigenvalue weighted by molar-refractivity contribution is -0.138. The number of carbonyl (C=O) groups is 1. The van der Waals surface area contributed by atoms with E-state index in [4.69, 9.17) is 9.72 Å². The van der Waals surface area contributed by atoms with Crippen LogP contribution in [0.25, 0.3) is 11.1 Å². The Bertz CT molecular complexity index is 1170. The van der Waals surface area contributed by atoms with Gasteiger partial charge < -0.3 is 25.4 Å². The van der Waals surface area contributed by atoms with Gasteiger partial charge in [-0.1, -0.05) is 36.4 Å². The maximum absolute atomic E-state index is 12.1. The van der Waals surface area contributed by atoms with Crippen molar-refractivity contribution in [2.75, 3.05) is 43.9 Å². The fraction of sp³-hybridized carbons (Fsp3) is 0.452. The van der Waals surface area contributed by atoms with Crippen LogP contribution in [0, 0.1) is 0 Å². The van der Waals surface area contributed by atoms with E-state index in [9.17, 15) is 9.90 Å². The summed E-state index contributed by atoms with van der Waals surface area (Å²) in [5.74, 6) is 0.729. The van der Waals surface area contributed by atoms with Crippen LogP contribution < -0.4 is 10.6 Å². The third kappa shape index (κ3) is 8.76. The molecule has 0 radical (unpaired) electrons. The Morgan fingerprint density at radius 3 is 2.69 bits per heavy atom. The Balaban J connectivity index is 1.28. The third-order valence-corrected chi connectivity index (χ3v) is 7.25. The van der Waals surface area contributed by atoms with E-state index in [2.05, 4.69) is 32.7 Å². The van der Waals surface area contributed by atoms with E-state index in [0.29, 0.717) is 18.8 Å². The zero-order valence-electron chi connectivity index (χ0n) is 23.1. The van der Waals surface area contributed by atoms with Crippen LogP contribution in [0.4, 0.5) is 11.6 Å². The first-order valence-corrected chi connectivity index (χ1v) is 14.0. The predicted molar refractivity (Wildman–Crippen MR) is 156 cm³/mol. The molecule has 4 rings (SSSR count). The lowest BCUT2D eigenvalue weighted by atomic mass is 10.1. The van der Waals surface area contributed by atoms with Gasteiger partial charge in [0, 0.05) is 44.2 Å². The van der Waals surface area contributed by atoms with Crippen LogP contribution in [0.5, 0.6) is 0 Å². The van der Waals surface area contributed by atoms with Gasteiger partial charge in [-0.25, -0.2) is 14.8 Å². The van der Waals surface area contributed by atoms with Crippen molar-refractivity contribution in [1.29, 1.82) is 0 Å². The standard InChI is InChI=1S/C31H41N5O3/c1-23(39-2)22-36(19-7-6-12-27-15-13-25-11-8-18-32-30(25)34-27)20-17-28(31(37)38)35-29-16-14-26(21-33-29)24-9-4-3-5-10-24/h3-5,9-10,13-16,21,23,28H,6-8,11-12,17-20,22H2,1-2H3,(H,32,34)(H,33,35)(H,37,38). The van der Waals surface area contributed by atoms with E-state index in [1.165, 1.54) is 12.0 Å². The molecule has 3 N–H and O–H groups in total. The summed E-state index contributed by atoms with van der Waals surface area (Å²) in [4.78, 5) is 23.6. The molecule has 0 saturated heterocycles. The van der Waals surface area contributed by atoms with E-state index < -0.39 is 12.0 Å². The summed E-state index contributed by atoms with van der Waals surface area (Å²) in [5, 5.41) is 16.4. The number of rotatable bonds is 15. The van der Waals surface area contributed by atoms with Crippen molar-refractivity contribution in [2.45, 2.75) is 57.6 Å². The largest absolute Gasteiger partial charge is 0.480 e. The molecule has 0 amide bonds. The molecule has 1 aromatic carbocycles. The molecule has 8 nitrogen and oxygen atoms in total. The number of unbranched alkanes of at least 4 members (excludes halogenated alkanes) is 1. The van der Waals surface area contributed by atoms with Crippen LogP contribution in [0.1, 0.15) is 43.9 Å². The highest BCUT2D eigenvalue weighted by Gasteiger charge is 2.20. The Labute approximate surface area is 231 Å². The number of methoxy groups -OCH3 is 1. The number of pyridine rings is 2. The fourth-order valence-electron chi connectivity index (χ4n) is 4.91. The number of benzene rings is 1. The molecule has 2 aromatic heterocycles. The number of aromatic nitrogens is 2. The van der Waals surface area contributed by atoms with Gasteiger partial charge in [0.25, 0.3) is 0 Å². The zero-order chi connectivity index (χ0) is 27.5. The number of fused-ring (bicyclic) bond motifs is 1. The quantitative estimate of drug-likeness (QED) is 0.233. The molecule has 1 aliphatic rings. The Morgan fingerprint density at radius 1 is 1.10 bits per heavy atom. The molecule has 3 aromatic rings. The van der Waals surface area contributed by atoms with Crippen LogP contribution in [-0.2, 0) is 22.4 Å². The van der Waals surface area contributed by atoms with Crippen molar-refractivity contribution in [3.05, 3.63) is 72.1 Å². The van der Waals surface area contributed by atoms with Crippen LogP contribution in [-0.4, -0.2) is 71.4 Å². The van der Waals surface area contributed by atoms with Crippen molar-refractivity contribution < 1.29 is 14.6 Å². The summed E-state index contributed by atoms with van der Waals surface area (Å²) in [6.07, 6.45) is 7.55. The van der Waals surface area contributed by atoms with Crippen LogP contribution >= 0.6 is 0 Å². The molecule has 8 heteroatoms. The molecule has 0 fully saturated rings. The highest BCUT2D eigenvalue weighted by Crippen LogP contribution is 2.21. The molecule has 0 saturated carbocycles. The van der Waals surface area contributed by atoms with Crippen molar-refractivity contribution in [3.8, 4) is 11.1 Å². The van der Waals surface area contributed by atoms with Gasteiger partial charge in [-0.05, 0) is 81.3 Å². The molecule has 208 valence electrons. The van der Waals surface area contributed by atoms with E-state index >= 15 is 0 Å². The van der Waals surface area contributed by atoms with Gasteiger partial charge in [-0.15, -0.1) is 0 Å². The van der Waals surface area contributed by atoms with Crippen LogP contribution in [0.15, 0.2) is 60.8 Å². The van der Waals surface area contributed by atoms with Crippen LogP contribution in [0.3, 0.4) is 0 Å². The van der Waals surface area contributed by atoms with Gasteiger partial charge in [0.1, 0.15) is 17.7 Å². The monoisotopic (exact) mass is 531 g/mol. The van der Waals surface area contributed by atoms with Crippen LogP contribution in [0.2, 0.25) is 0 Å². The van der Waals surface area contributed by atoms with E-state index in [0.717, 1.165) is 68.0 Å². The lowest BCUT2D eigenvalue weighted by Crippen LogP contribution is -2.38. The van der Waals surface area contributed by atoms with Gasteiger partial charge >= 0.3 is 5.97 Å². The molecule has 0 bridgehead atoms. The number of aliphatic carboxylic acids is 1. The zero-order valence-corrected chi connectivity index (χ0v) is 23.1. The minimum atomic E-state index is -0.879. The topological polar surface area (TPSA) is 99.6 Å². The van der Waals surface area contributed by atoms with Gasteiger partial charge in [0.15, 0.2) is 0 Å². The number of carboxylic acid groups (broad SMARTS) is 1. The number of carboxylic acids is 1. The van der Waals surface area contributed by atoms with Gasteiger partial charge in [-0.2, -0.15) is 0 Å². The summed E-state index contributed by atoms with van der Waals surface area (Å²) in [6.45, 7) is 5.33. The maximum atomic E-state index is 12.1. The smallest absolute Gasteiger partial charge is 0.326 e. The summed E-state index contributed by atoms with van der Waals surface area (Å²) < 4.78 is 5.51. The highest BCUT2D eigenvalue weighted by atomic mass is 16.5. The molecular weight excluding hydrogens is 490 g/mol. The first kappa shape index (κ1) is 28.5. The summed E-state index contributed by atoms with van der Waals surface area (Å²) in [6, 6.07) is 17.4. The normalized spacial score (nSPS) is 14.3. The molecule has 0 spiro atoms. The highest BCUT2D eigenvalue weighted by molar-refractivity contribution is 5.77. The van der Waals surface area contributed by atoms with Gasteiger partial charge in [0.2, 0.25) is 0 Å². The third-order valence-electron chi connectivity index (χ3n) is 7.25. The predicted octanol–water partition coefficient (Wildman–Crippen LogP) is 5.12. The SMILES string of the molecule is COC(C)CN(CCCCc1ccc2c(n1)NCCC2)CCC(Nc1ccc(-c2ccccc2)cn1)C(=O)O. The van der Waals surface area contributed by atoms with Crippen molar-refractivity contribution >= 4 is 17.6 Å². The first-order chi connectivity index (χ1) is 19.0. The average Bonchev–Trinajstić information content (AvgIpc) is 2.97. The van der Waals surface area contributed by atoms with Crippen molar-refractivity contribution in [1.82, 2.24) is 14.9 Å². The maximum Gasteiger partial charge on any atom is 0.326 e. The van der Waals surface area contributed by atoms with Gasteiger partial charge in [0.05, 0.1) is 6.10 Å². The number of nitrogens with one attached hydrogen (secondary N) is 2. The minimum absolute atomic E-state index is 0.0711. The number of hydrogen-bond acceptors (Lipinski definition) is 7. The number of hydrogen-bond donors (Lipinski definition) is 3. The molecule has 39 heavy (non-hydrogen) atoms. The number of anilines is 2. The molecule has 3 heterocycles. The lowest BCUT2D eigenvalue weighted by Gasteiger charge is -2.27. The average molecular weight is 532 g/mol. The number of aryl methyl sites for hydroxylation is 2. The number of nitrogens with zero attached hydrogens (tertiary/aromatic N) is 3. The molecule has 0 aliphatic carbocycles. The Hall–Kier alpha value is -3.49. The summed E-state index contributed by atoms with van der Waals surface area (Å²) in [7, 11) is 1.71. The minimum Gasteiger partial charge on any atom is -0.480 e. The van der Waals surface area contributed by atoms with E-state index in [-0.39, 0.29) is 6.10 Å². The second kappa shape index (κ2) is 14.6. The van der Waals surface area contributed by atoms with E-state index in [1.807, 2.05) is 49.4 Å². The fourth-order valence-corrected chi connectivity index (χ4v) is 4.91. The molecule has 2 atom stereocenters.